The Hall–Kier alpha value is -1.62. The van der Waals surface area contributed by atoms with Crippen LogP contribution in [0.15, 0.2) is 52.3 Å². The quantitative estimate of drug-likeness (QED) is 0.670. The predicted octanol–water partition coefficient (Wildman–Crippen LogP) is 4.20. The average molecular weight is 482 g/mol. The number of halogens is 4. The van der Waals surface area contributed by atoms with Crippen LogP contribution in [0.2, 0.25) is 5.02 Å². The van der Waals surface area contributed by atoms with Gasteiger partial charge in [-0.15, -0.1) is 0 Å². The first-order valence-corrected chi connectivity index (χ1v) is 12.4. The summed E-state index contributed by atoms with van der Waals surface area (Å²) in [5.74, 6) is -0.197. The molecule has 1 aliphatic rings. The summed E-state index contributed by atoms with van der Waals surface area (Å²) in [7, 11) is -7.63. The third-order valence-electron chi connectivity index (χ3n) is 5.06. The Labute approximate surface area is 178 Å². The molecule has 0 bridgehead atoms. The minimum absolute atomic E-state index is 0.0283. The monoisotopic (exact) mass is 481 g/mol. The van der Waals surface area contributed by atoms with Crippen molar-refractivity contribution >= 4 is 31.5 Å². The molecular weight excluding hydrogens is 463 g/mol. The Kier molecular flexibility index (Phi) is 6.26. The van der Waals surface area contributed by atoms with Crippen LogP contribution in [0.5, 0.6) is 0 Å². The van der Waals surface area contributed by atoms with E-state index in [1.807, 2.05) is 0 Å². The van der Waals surface area contributed by atoms with Gasteiger partial charge in [0.25, 0.3) is 0 Å². The summed E-state index contributed by atoms with van der Waals surface area (Å²) in [5.41, 5.74) is -0.220. The van der Waals surface area contributed by atoms with E-state index >= 15 is 0 Å². The molecule has 0 aliphatic heterocycles. The first-order chi connectivity index (χ1) is 13.8. The van der Waals surface area contributed by atoms with Gasteiger partial charge >= 0.3 is 6.18 Å². The van der Waals surface area contributed by atoms with Gasteiger partial charge in [-0.05, 0) is 61.6 Å². The van der Waals surface area contributed by atoms with Gasteiger partial charge in [0.05, 0.1) is 20.7 Å². The fourth-order valence-electron chi connectivity index (χ4n) is 3.28. The van der Waals surface area contributed by atoms with Crippen molar-refractivity contribution in [2.24, 2.45) is 5.92 Å². The van der Waals surface area contributed by atoms with Gasteiger partial charge in [-0.1, -0.05) is 23.7 Å². The highest BCUT2D eigenvalue weighted by Crippen LogP contribution is 2.37. The van der Waals surface area contributed by atoms with Crippen LogP contribution in [-0.4, -0.2) is 28.6 Å². The molecule has 0 spiro atoms. The first kappa shape index (κ1) is 23.1. The lowest BCUT2D eigenvalue weighted by Crippen LogP contribution is -2.42. The number of hydrogen-bond acceptors (Lipinski definition) is 4. The maximum absolute atomic E-state index is 12.7. The zero-order valence-electron chi connectivity index (χ0n) is 15.8. The number of nitrogens with one attached hydrogen (secondary N) is 1. The number of hydrogen-bond donors (Lipinski definition) is 1. The molecule has 1 N–H and O–H groups in total. The fourth-order valence-corrected chi connectivity index (χ4v) is 6.99. The number of alkyl halides is 3. The zero-order chi connectivity index (χ0) is 22.3. The topological polar surface area (TPSA) is 80.3 Å². The SMILES string of the molecule is Cc1cccc(S(=O)(=O)C2CC(CNS(=O)(=O)c3ccc(C(F)(F)F)cc3Cl)C2)c1. The van der Waals surface area contributed by atoms with E-state index in [4.69, 9.17) is 11.6 Å². The van der Waals surface area contributed by atoms with Crippen molar-refractivity contribution in [1.82, 2.24) is 4.72 Å². The normalized spacial score (nSPS) is 20.0. The summed E-state index contributed by atoms with van der Waals surface area (Å²) in [5, 5.41) is -1.13. The van der Waals surface area contributed by atoms with Crippen LogP contribution in [0.4, 0.5) is 13.2 Å². The molecule has 0 saturated heterocycles. The first-order valence-electron chi connectivity index (χ1n) is 8.97. The number of aryl methyl sites for hydroxylation is 1. The van der Waals surface area contributed by atoms with E-state index < -0.39 is 46.8 Å². The Morgan fingerprint density at radius 3 is 2.30 bits per heavy atom. The molecule has 1 fully saturated rings. The molecule has 164 valence electrons. The highest BCUT2D eigenvalue weighted by molar-refractivity contribution is 7.92. The van der Waals surface area contributed by atoms with E-state index in [-0.39, 0.29) is 17.4 Å². The van der Waals surface area contributed by atoms with Crippen molar-refractivity contribution in [1.29, 1.82) is 0 Å². The van der Waals surface area contributed by atoms with Crippen molar-refractivity contribution in [3.05, 3.63) is 58.6 Å². The van der Waals surface area contributed by atoms with E-state index in [2.05, 4.69) is 4.72 Å². The van der Waals surface area contributed by atoms with Gasteiger partial charge in [0.2, 0.25) is 10.0 Å². The summed E-state index contributed by atoms with van der Waals surface area (Å²) in [6, 6.07) is 8.60. The summed E-state index contributed by atoms with van der Waals surface area (Å²) >= 11 is 5.75. The standard InChI is InChI=1S/C19H19ClF3NO4S2/c1-12-3-2-4-15(7-12)29(25,26)16-8-13(9-16)11-24-30(27,28)18-6-5-14(10-17(18)20)19(21,22)23/h2-7,10,13,16,24H,8-9,11H2,1H3. The summed E-state index contributed by atoms with van der Waals surface area (Å²) in [6.45, 7) is 1.77. The molecule has 0 aromatic heterocycles. The maximum Gasteiger partial charge on any atom is 0.416 e. The smallest absolute Gasteiger partial charge is 0.223 e. The number of sulfonamides is 1. The van der Waals surface area contributed by atoms with Crippen molar-refractivity contribution < 1.29 is 30.0 Å². The fraction of sp³-hybridized carbons (Fsp3) is 0.368. The largest absolute Gasteiger partial charge is 0.416 e. The van der Waals surface area contributed by atoms with Crippen LogP contribution < -0.4 is 4.72 Å². The second kappa shape index (κ2) is 8.14. The van der Waals surface area contributed by atoms with Crippen molar-refractivity contribution in [3.8, 4) is 0 Å². The molecule has 0 radical (unpaired) electrons. The molecule has 2 aromatic rings. The molecule has 1 aliphatic carbocycles. The average Bonchev–Trinajstić information content (AvgIpc) is 2.59. The number of rotatable bonds is 6. The molecule has 0 amide bonds. The molecule has 11 heteroatoms. The minimum atomic E-state index is -4.64. The highest BCUT2D eigenvalue weighted by Gasteiger charge is 2.40. The van der Waals surface area contributed by atoms with E-state index in [0.29, 0.717) is 25.0 Å². The van der Waals surface area contributed by atoms with Crippen molar-refractivity contribution in [2.75, 3.05) is 6.54 Å². The summed E-state index contributed by atoms with van der Waals surface area (Å²) in [4.78, 5) is -0.219. The molecule has 0 atom stereocenters. The lowest BCUT2D eigenvalue weighted by Gasteiger charge is -2.34. The second-order valence-corrected chi connectivity index (χ2v) is 11.7. The van der Waals surface area contributed by atoms with Crippen LogP contribution in [0.3, 0.4) is 0 Å². The molecule has 2 aromatic carbocycles. The van der Waals surface area contributed by atoms with Crippen LogP contribution in [0.1, 0.15) is 24.0 Å². The minimum Gasteiger partial charge on any atom is -0.223 e. The Balaban J connectivity index is 1.62. The molecule has 3 rings (SSSR count). The van der Waals surface area contributed by atoms with Crippen LogP contribution in [0, 0.1) is 12.8 Å². The van der Waals surface area contributed by atoms with E-state index in [1.54, 1.807) is 25.1 Å². The van der Waals surface area contributed by atoms with Crippen LogP contribution in [0.25, 0.3) is 0 Å². The third-order valence-corrected chi connectivity index (χ3v) is 9.14. The van der Waals surface area contributed by atoms with Crippen LogP contribution in [-0.2, 0) is 26.0 Å². The molecule has 30 heavy (non-hydrogen) atoms. The second-order valence-electron chi connectivity index (χ2n) is 7.32. The zero-order valence-corrected chi connectivity index (χ0v) is 18.2. The van der Waals surface area contributed by atoms with Gasteiger partial charge in [0, 0.05) is 6.54 Å². The van der Waals surface area contributed by atoms with Gasteiger partial charge in [-0.3, -0.25) is 0 Å². The van der Waals surface area contributed by atoms with Gasteiger partial charge < -0.3 is 0 Å². The Bertz CT molecular complexity index is 1160. The number of sulfone groups is 1. The Morgan fingerprint density at radius 2 is 1.73 bits per heavy atom. The summed E-state index contributed by atoms with van der Waals surface area (Å²) in [6.07, 6.45) is -4.05. The van der Waals surface area contributed by atoms with Crippen molar-refractivity contribution in [2.45, 2.75) is 41.0 Å². The Morgan fingerprint density at radius 1 is 1.07 bits per heavy atom. The molecule has 5 nitrogen and oxygen atoms in total. The lowest BCUT2D eigenvalue weighted by molar-refractivity contribution is -0.137. The van der Waals surface area contributed by atoms with Gasteiger partial charge in [-0.25, -0.2) is 21.6 Å². The van der Waals surface area contributed by atoms with Gasteiger partial charge in [0.15, 0.2) is 9.84 Å². The lowest BCUT2D eigenvalue weighted by atomic mass is 9.85. The van der Waals surface area contributed by atoms with E-state index in [0.717, 1.165) is 11.6 Å². The summed E-state index contributed by atoms with van der Waals surface area (Å²) < 4.78 is 90.5. The van der Waals surface area contributed by atoms with E-state index in [9.17, 15) is 30.0 Å². The van der Waals surface area contributed by atoms with Gasteiger partial charge in [0.1, 0.15) is 4.90 Å². The highest BCUT2D eigenvalue weighted by atomic mass is 35.5. The van der Waals surface area contributed by atoms with E-state index in [1.165, 1.54) is 6.07 Å². The van der Waals surface area contributed by atoms with Gasteiger partial charge in [-0.2, -0.15) is 13.2 Å². The molecular formula is C19H19ClF3NO4S2. The molecule has 0 unspecified atom stereocenters. The third kappa shape index (κ3) is 4.82. The predicted molar refractivity (Wildman–Crippen MR) is 107 cm³/mol. The van der Waals surface area contributed by atoms with Crippen LogP contribution >= 0.6 is 11.6 Å². The number of benzene rings is 2. The molecule has 0 heterocycles. The maximum atomic E-state index is 12.7. The molecule has 1 saturated carbocycles. The van der Waals surface area contributed by atoms with Crippen molar-refractivity contribution in [3.63, 3.8) is 0 Å².